The highest BCUT2D eigenvalue weighted by Crippen LogP contribution is 2.50. The van der Waals surface area contributed by atoms with Crippen LogP contribution < -0.4 is 24.4 Å². The predicted molar refractivity (Wildman–Crippen MR) is 257 cm³/mol. The van der Waals surface area contributed by atoms with E-state index >= 15 is 0 Å². The van der Waals surface area contributed by atoms with Crippen molar-refractivity contribution in [3.63, 3.8) is 0 Å². The van der Waals surface area contributed by atoms with Gasteiger partial charge in [-0.3, -0.25) is 19.8 Å². The molecule has 5 aromatic rings. The molecule has 15 nitrogen and oxygen atoms in total. The van der Waals surface area contributed by atoms with E-state index in [2.05, 4.69) is 63.2 Å². The van der Waals surface area contributed by atoms with Crippen molar-refractivity contribution in [2.24, 2.45) is 11.3 Å². The number of benzene rings is 3. The van der Waals surface area contributed by atoms with Crippen LogP contribution in [0, 0.1) is 21.4 Å². The van der Waals surface area contributed by atoms with Crippen molar-refractivity contribution in [3.8, 4) is 17.2 Å². The Morgan fingerprint density at radius 1 is 1.03 bits per heavy atom. The average molecular weight is 986 g/mol. The molecule has 2 aromatic heterocycles. The number of nitro groups is 1. The van der Waals surface area contributed by atoms with Crippen LogP contribution >= 0.6 is 0 Å². The molecule has 10 rings (SSSR count). The number of halogens is 3. The first-order chi connectivity index (χ1) is 33.3. The van der Waals surface area contributed by atoms with Gasteiger partial charge >= 0.3 is 6.18 Å². The van der Waals surface area contributed by atoms with Crippen LogP contribution in [0.1, 0.15) is 117 Å². The Morgan fingerprint density at radius 2 is 1.77 bits per heavy atom. The van der Waals surface area contributed by atoms with E-state index in [1.807, 2.05) is 4.72 Å². The number of aliphatic hydroxyl groups is 1. The summed E-state index contributed by atoms with van der Waals surface area (Å²) in [5, 5.41) is 25.8. The fourth-order valence-electron chi connectivity index (χ4n) is 11.8. The van der Waals surface area contributed by atoms with Crippen LogP contribution in [0.15, 0.2) is 78.0 Å². The summed E-state index contributed by atoms with van der Waals surface area (Å²) in [6, 6.07) is 16.8. The molecule has 0 unspecified atom stereocenters. The zero-order valence-corrected chi connectivity index (χ0v) is 40.2. The Labute approximate surface area is 404 Å². The first-order valence-electron chi connectivity index (χ1n) is 24.2. The minimum absolute atomic E-state index is 0.0146. The first kappa shape index (κ1) is 47.7. The van der Waals surface area contributed by atoms with Crippen LogP contribution in [0.25, 0.3) is 11.0 Å². The zero-order valence-electron chi connectivity index (χ0n) is 39.4. The van der Waals surface area contributed by atoms with Crippen LogP contribution in [0.3, 0.4) is 0 Å². The van der Waals surface area contributed by atoms with E-state index in [1.165, 1.54) is 42.7 Å². The molecule has 19 heteroatoms. The molecular formula is C51H58F3N7O8S. The molecular weight excluding hydrogens is 928 g/mol. The maximum absolute atomic E-state index is 14.1. The monoisotopic (exact) mass is 985 g/mol. The summed E-state index contributed by atoms with van der Waals surface area (Å²) in [5.74, 6) is -0.472. The summed E-state index contributed by atoms with van der Waals surface area (Å²) < 4.78 is 84.0. The molecule has 2 saturated heterocycles. The summed E-state index contributed by atoms with van der Waals surface area (Å²) >= 11 is 0. The van der Waals surface area contributed by atoms with Crippen molar-refractivity contribution >= 4 is 44.0 Å². The number of fused-ring (bicyclic) bond motifs is 2. The molecule has 5 aliphatic rings. The van der Waals surface area contributed by atoms with Gasteiger partial charge < -0.3 is 29.8 Å². The predicted octanol–water partition coefficient (Wildman–Crippen LogP) is 9.88. The Balaban J connectivity index is 0.882. The second kappa shape index (κ2) is 18.0. The number of sulfonamides is 1. The Bertz CT molecular complexity index is 2940. The number of anilines is 2. The highest BCUT2D eigenvalue weighted by Gasteiger charge is 2.50. The number of piperidine rings is 1. The van der Waals surface area contributed by atoms with Crippen LogP contribution in [0.5, 0.6) is 17.2 Å². The number of aromatic amines is 1. The number of H-pyrrole nitrogens is 1. The van der Waals surface area contributed by atoms with Gasteiger partial charge in [0, 0.05) is 67.7 Å². The van der Waals surface area contributed by atoms with Gasteiger partial charge in [-0.25, -0.2) is 18.1 Å². The second-order valence-electron chi connectivity index (χ2n) is 20.7. The number of nitrogens with one attached hydrogen (secondary N) is 3. The Morgan fingerprint density at radius 3 is 2.49 bits per heavy atom. The number of likely N-dealkylation sites (tertiary alicyclic amines) is 1. The fourth-order valence-corrected chi connectivity index (χ4v) is 12.8. The van der Waals surface area contributed by atoms with Crippen LogP contribution in [-0.4, -0.2) is 89.7 Å². The molecule has 1 amide bonds. The first-order valence-corrected chi connectivity index (χ1v) is 25.7. The largest absolute Gasteiger partial charge is 0.489 e. The molecule has 1 spiro atoms. The molecule has 3 aliphatic heterocycles. The smallest absolute Gasteiger partial charge is 0.418 e. The van der Waals surface area contributed by atoms with Crippen molar-refractivity contribution in [2.75, 3.05) is 43.0 Å². The maximum atomic E-state index is 14.1. The summed E-state index contributed by atoms with van der Waals surface area (Å²) in [5.41, 5.74) is 1.14. The van der Waals surface area contributed by atoms with E-state index in [9.17, 15) is 41.6 Å². The summed E-state index contributed by atoms with van der Waals surface area (Å²) in [6.45, 7) is 9.81. The van der Waals surface area contributed by atoms with E-state index in [0.29, 0.717) is 62.3 Å². The van der Waals surface area contributed by atoms with Gasteiger partial charge in [0.25, 0.3) is 21.6 Å². The maximum Gasteiger partial charge on any atom is 0.418 e. The lowest BCUT2D eigenvalue weighted by atomic mass is 9.70. The van der Waals surface area contributed by atoms with Gasteiger partial charge in [0.2, 0.25) is 0 Å². The third kappa shape index (κ3) is 9.27. The van der Waals surface area contributed by atoms with E-state index in [1.54, 1.807) is 19.1 Å². The summed E-state index contributed by atoms with van der Waals surface area (Å²) in [4.78, 5) is 36.7. The van der Waals surface area contributed by atoms with Gasteiger partial charge in [0.1, 0.15) is 23.8 Å². The molecule has 4 N–H and O–H groups in total. The molecule has 3 aromatic carbocycles. The van der Waals surface area contributed by atoms with Crippen molar-refractivity contribution < 1.29 is 45.9 Å². The van der Waals surface area contributed by atoms with E-state index in [0.717, 1.165) is 50.3 Å². The highest BCUT2D eigenvalue weighted by molar-refractivity contribution is 7.90. The number of ether oxygens (including phenoxy) is 2. The van der Waals surface area contributed by atoms with Gasteiger partial charge in [-0.15, -0.1) is 0 Å². The number of nitro benzene ring substituents is 1. The van der Waals surface area contributed by atoms with Crippen molar-refractivity contribution in [1.29, 1.82) is 0 Å². The normalized spacial score (nSPS) is 24.7. The van der Waals surface area contributed by atoms with Gasteiger partial charge in [0.15, 0.2) is 11.4 Å². The van der Waals surface area contributed by atoms with E-state index in [-0.39, 0.29) is 63.5 Å². The SMILES string of the molecule is CC(C)c1ccccc1[C@@H]1CCC[C@@H]1N1CC2(CCN(c3ccc(C(=O)NS(=O)(=O)c4cc5c(c([N+](=O)[O-])c4)N[C@@H](C4CCC(C)(O)CC4)CO5)c(Oc4cnc5[nH]cc(C(F)(F)F)c5c4)c3)CC2)C1. The van der Waals surface area contributed by atoms with E-state index in [4.69, 9.17) is 9.47 Å². The lowest BCUT2D eigenvalue weighted by molar-refractivity contribution is -0.384. The lowest BCUT2D eigenvalue weighted by Crippen LogP contribution is -2.63. The summed E-state index contributed by atoms with van der Waals surface area (Å²) in [7, 11) is -4.80. The number of aromatic nitrogens is 2. The minimum atomic E-state index is -4.80. The summed E-state index contributed by atoms with van der Waals surface area (Å²) in [6.07, 6.45) is 5.18. The number of carbonyl (C=O) groups is 1. The third-order valence-corrected chi connectivity index (χ3v) is 17.0. The second-order valence-corrected chi connectivity index (χ2v) is 22.4. The third-order valence-electron chi connectivity index (χ3n) is 15.7. The molecule has 5 heterocycles. The average Bonchev–Trinajstić information content (AvgIpc) is 3.98. The van der Waals surface area contributed by atoms with Crippen molar-refractivity contribution in [1.82, 2.24) is 19.6 Å². The van der Waals surface area contributed by atoms with Gasteiger partial charge in [0.05, 0.1) is 38.8 Å². The van der Waals surface area contributed by atoms with Crippen molar-refractivity contribution in [3.05, 3.63) is 105 Å². The van der Waals surface area contributed by atoms with Gasteiger partial charge in [-0.2, -0.15) is 13.2 Å². The fraction of sp³-hybridized carbons (Fsp3) is 0.490. The van der Waals surface area contributed by atoms with Crippen molar-refractivity contribution in [2.45, 2.75) is 119 Å². The van der Waals surface area contributed by atoms with Gasteiger partial charge in [-0.05, 0) is 111 Å². The highest BCUT2D eigenvalue weighted by atomic mass is 32.2. The van der Waals surface area contributed by atoms with Crippen LogP contribution in [0.2, 0.25) is 0 Å². The number of hydrogen-bond donors (Lipinski definition) is 4. The van der Waals surface area contributed by atoms with E-state index < -0.39 is 48.8 Å². The van der Waals surface area contributed by atoms with Crippen LogP contribution in [-0.2, 0) is 16.2 Å². The topological polar surface area (TPSA) is 192 Å². The standard InChI is InChI=1S/C51H58F3N7O8S/c1-30(2)35-7-4-5-8-36(35)37-9-6-10-42(37)60-28-50(29-60)17-19-59(20-18-50)32-11-12-38(44(21-32)69-33-22-39-40(51(52,53)54)26-56-47(39)55-25-33)48(62)58-70(66,67)34-23-43(61(64)65)46-45(24-34)68-27-41(57-46)31-13-15-49(3,63)16-14-31/h4-5,7-8,11-12,21-26,30-31,37,41-42,57,63H,6,9-10,13-20,27-29H2,1-3H3,(H,55,56)(H,58,62)/t31?,37-,41+,42-,49?/m0/s1. The number of pyridine rings is 1. The molecule has 3 atom stereocenters. The minimum Gasteiger partial charge on any atom is -0.489 e. The number of nitrogens with zero attached hydrogens (tertiary/aromatic N) is 4. The Kier molecular flexibility index (Phi) is 12.3. The quantitative estimate of drug-likeness (QED) is 0.0725. The molecule has 2 saturated carbocycles. The lowest BCUT2D eigenvalue weighted by Gasteiger charge is -2.57. The number of carbonyl (C=O) groups excluding carboxylic acids is 1. The molecule has 2 aliphatic carbocycles. The van der Waals surface area contributed by atoms with Gasteiger partial charge in [-0.1, -0.05) is 44.5 Å². The van der Waals surface area contributed by atoms with Crippen LogP contribution in [0.4, 0.5) is 30.2 Å². The molecule has 372 valence electrons. The molecule has 0 bridgehead atoms. The Hall–Kier alpha value is -5.92. The number of hydrogen-bond acceptors (Lipinski definition) is 12. The molecule has 4 fully saturated rings. The zero-order chi connectivity index (χ0) is 49.3. The molecule has 0 radical (unpaired) electrons. The number of amides is 1. The molecule has 70 heavy (non-hydrogen) atoms. The number of rotatable bonds is 11. The number of alkyl halides is 3.